The smallest absolute Gasteiger partial charge is 0.125 e. The largest absolute Gasteiger partial charge is 0.463 e. The minimum atomic E-state index is 0.436. The number of nitrogens with two attached hydrogens (primary N) is 1. The molecule has 4 N–H and O–H groups in total. The van der Waals surface area contributed by atoms with Crippen molar-refractivity contribution < 1.29 is 4.42 Å². The van der Waals surface area contributed by atoms with Crippen LogP contribution in [0.3, 0.4) is 0 Å². The van der Waals surface area contributed by atoms with Crippen LogP contribution in [0.1, 0.15) is 17.6 Å². The van der Waals surface area contributed by atoms with Gasteiger partial charge in [0.1, 0.15) is 17.3 Å². The minimum absolute atomic E-state index is 0.436. The van der Waals surface area contributed by atoms with E-state index in [1.165, 1.54) is 0 Å². The Morgan fingerprint density at radius 2 is 2.22 bits per heavy atom. The van der Waals surface area contributed by atoms with Crippen molar-refractivity contribution in [2.45, 2.75) is 19.1 Å². The van der Waals surface area contributed by atoms with Crippen LogP contribution in [0, 0.1) is 0 Å². The van der Waals surface area contributed by atoms with Gasteiger partial charge in [-0.1, -0.05) is 0 Å². The molecule has 3 heterocycles. The summed E-state index contributed by atoms with van der Waals surface area (Å²) < 4.78 is 7.56. The monoisotopic (exact) mass is 247 g/mol. The first kappa shape index (κ1) is 11.3. The van der Waals surface area contributed by atoms with Gasteiger partial charge in [-0.2, -0.15) is 5.10 Å². The molecule has 0 unspecified atom stereocenters. The maximum absolute atomic E-state index is 5.54. The van der Waals surface area contributed by atoms with Crippen LogP contribution in [0.15, 0.2) is 28.8 Å². The van der Waals surface area contributed by atoms with Crippen LogP contribution >= 0.6 is 0 Å². The Balaban J connectivity index is 1.64. The highest BCUT2D eigenvalue weighted by Crippen LogP contribution is 2.18. The van der Waals surface area contributed by atoms with Gasteiger partial charge in [-0.15, -0.1) is 0 Å². The molecule has 0 aliphatic carbocycles. The molecule has 1 aliphatic rings. The molecule has 3 rings (SSSR count). The fourth-order valence-corrected chi connectivity index (χ4v) is 2.00. The Labute approximate surface area is 105 Å². The first-order chi connectivity index (χ1) is 8.86. The lowest BCUT2D eigenvalue weighted by atomic mass is 10.2. The summed E-state index contributed by atoms with van der Waals surface area (Å²) >= 11 is 0. The SMILES string of the molecule is NCc1ccc(CNc2ccnn2C2CNC2)o1. The summed E-state index contributed by atoms with van der Waals surface area (Å²) in [5.74, 6) is 2.71. The topological polar surface area (TPSA) is 81.0 Å². The van der Waals surface area contributed by atoms with E-state index in [1.807, 2.05) is 29.1 Å². The zero-order valence-corrected chi connectivity index (χ0v) is 10.1. The molecule has 0 bridgehead atoms. The van der Waals surface area contributed by atoms with Crippen LogP contribution in [0.2, 0.25) is 0 Å². The van der Waals surface area contributed by atoms with E-state index >= 15 is 0 Å². The number of hydrogen-bond acceptors (Lipinski definition) is 5. The molecular formula is C12H17N5O. The van der Waals surface area contributed by atoms with Crippen molar-refractivity contribution in [1.82, 2.24) is 15.1 Å². The van der Waals surface area contributed by atoms with Gasteiger partial charge in [0.15, 0.2) is 0 Å². The molecule has 18 heavy (non-hydrogen) atoms. The van der Waals surface area contributed by atoms with E-state index in [0.717, 1.165) is 30.4 Å². The molecule has 0 radical (unpaired) electrons. The van der Waals surface area contributed by atoms with Gasteiger partial charge in [0.05, 0.1) is 25.3 Å². The maximum Gasteiger partial charge on any atom is 0.125 e. The fourth-order valence-electron chi connectivity index (χ4n) is 2.00. The van der Waals surface area contributed by atoms with E-state index in [2.05, 4.69) is 15.7 Å². The third-order valence-corrected chi connectivity index (χ3v) is 3.14. The van der Waals surface area contributed by atoms with E-state index in [1.54, 1.807) is 0 Å². The third kappa shape index (κ3) is 2.12. The van der Waals surface area contributed by atoms with Gasteiger partial charge in [0.2, 0.25) is 0 Å². The van der Waals surface area contributed by atoms with Crippen molar-refractivity contribution in [2.24, 2.45) is 5.73 Å². The zero-order chi connectivity index (χ0) is 12.4. The summed E-state index contributed by atoms with van der Waals surface area (Å²) in [5.41, 5.74) is 5.51. The molecule has 6 heteroatoms. The van der Waals surface area contributed by atoms with Gasteiger partial charge >= 0.3 is 0 Å². The summed E-state index contributed by atoms with van der Waals surface area (Å²) in [6.45, 7) is 3.04. The molecule has 1 fully saturated rings. The first-order valence-corrected chi connectivity index (χ1v) is 6.12. The number of anilines is 1. The molecular weight excluding hydrogens is 230 g/mol. The number of nitrogens with one attached hydrogen (secondary N) is 2. The highest BCUT2D eigenvalue weighted by molar-refractivity contribution is 5.35. The molecule has 1 aliphatic heterocycles. The van der Waals surface area contributed by atoms with Crippen LogP contribution < -0.4 is 16.4 Å². The summed E-state index contributed by atoms with van der Waals surface area (Å²) in [5, 5.41) is 10.9. The Kier molecular flexibility index (Phi) is 3.04. The normalized spacial score (nSPS) is 15.6. The lowest BCUT2D eigenvalue weighted by Gasteiger charge is -2.28. The average Bonchev–Trinajstić information content (AvgIpc) is 2.93. The number of rotatable bonds is 5. The van der Waals surface area contributed by atoms with Crippen LogP contribution in [-0.2, 0) is 13.1 Å². The summed E-state index contributed by atoms with van der Waals surface area (Å²) in [7, 11) is 0. The van der Waals surface area contributed by atoms with Gasteiger partial charge in [-0.3, -0.25) is 0 Å². The molecule has 0 saturated carbocycles. The predicted molar refractivity (Wildman–Crippen MR) is 68.1 cm³/mol. The first-order valence-electron chi connectivity index (χ1n) is 6.12. The molecule has 96 valence electrons. The van der Waals surface area contributed by atoms with Crippen molar-refractivity contribution in [2.75, 3.05) is 18.4 Å². The van der Waals surface area contributed by atoms with Crippen molar-refractivity contribution in [3.8, 4) is 0 Å². The molecule has 0 amide bonds. The van der Waals surface area contributed by atoms with Crippen LogP contribution in [0.25, 0.3) is 0 Å². The summed E-state index contributed by atoms with van der Waals surface area (Å²) in [6, 6.07) is 6.29. The molecule has 0 atom stereocenters. The van der Waals surface area contributed by atoms with E-state index in [9.17, 15) is 0 Å². The molecule has 6 nitrogen and oxygen atoms in total. The molecule has 2 aromatic rings. The van der Waals surface area contributed by atoms with Crippen molar-refractivity contribution in [3.63, 3.8) is 0 Å². The second-order valence-electron chi connectivity index (χ2n) is 4.40. The van der Waals surface area contributed by atoms with Crippen molar-refractivity contribution in [1.29, 1.82) is 0 Å². The van der Waals surface area contributed by atoms with Crippen molar-refractivity contribution >= 4 is 5.82 Å². The number of hydrogen-bond donors (Lipinski definition) is 3. The highest BCUT2D eigenvalue weighted by atomic mass is 16.3. The molecule has 0 spiro atoms. The van der Waals surface area contributed by atoms with Gasteiger partial charge in [-0.05, 0) is 12.1 Å². The quantitative estimate of drug-likeness (QED) is 0.724. The number of aromatic nitrogens is 2. The lowest BCUT2D eigenvalue weighted by molar-refractivity contribution is 0.321. The van der Waals surface area contributed by atoms with E-state index in [0.29, 0.717) is 19.1 Å². The average molecular weight is 247 g/mol. The number of nitrogens with zero attached hydrogens (tertiary/aromatic N) is 2. The van der Waals surface area contributed by atoms with Crippen LogP contribution in [0.5, 0.6) is 0 Å². The standard InChI is InChI=1S/C12H17N5O/c13-5-10-1-2-11(18-10)8-15-12-3-4-16-17(12)9-6-14-7-9/h1-4,9,14-15H,5-8,13H2. The van der Waals surface area contributed by atoms with Gasteiger partial charge in [0.25, 0.3) is 0 Å². The van der Waals surface area contributed by atoms with Crippen molar-refractivity contribution in [3.05, 3.63) is 35.9 Å². The third-order valence-electron chi connectivity index (χ3n) is 3.14. The molecule has 0 aromatic carbocycles. The van der Waals surface area contributed by atoms with Gasteiger partial charge in [0, 0.05) is 19.2 Å². The van der Waals surface area contributed by atoms with E-state index in [4.69, 9.17) is 10.2 Å². The summed E-state index contributed by atoms with van der Waals surface area (Å²) in [6.07, 6.45) is 1.81. The van der Waals surface area contributed by atoms with E-state index < -0.39 is 0 Å². The number of furan rings is 1. The van der Waals surface area contributed by atoms with Crippen LogP contribution in [0.4, 0.5) is 5.82 Å². The van der Waals surface area contributed by atoms with E-state index in [-0.39, 0.29) is 0 Å². The Hall–Kier alpha value is -1.79. The zero-order valence-electron chi connectivity index (χ0n) is 10.1. The van der Waals surface area contributed by atoms with Gasteiger partial charge < -0.3 is 20.8 Å². The van der Waals surface area contributed by atoms with Gasteiger partial charge in [-0.25, -0.2) is 4.68 Å². The molecule has 2 aromatic heterocycles. The minimum Gasteiger partial charge on any atom is -0.463 e. The second kappa shape index (κ2) is 4.83. The lowest BCUT2D eigenvalue weighted by Crippen LogP contribution is -2.44. The van der Waals surface area contributed by atoms with Crippen LogP contribution in [-0.4, -0.2) is 22.9 Å². The molecule has 1 saturated heterocycles. The predicted octanol–water partition coefficient (Wildman–Crippen LogP) is 0.691. The maximum atomic E-state index is 5.54. The Morgan fingerprint density at radius 1 is 1.39 bits per heavy atom. The summed E-state index contributed by atoms with van der Waals surface area (Å²) in [4.78, 5) is 0. The fraction of sp³-hybridized carbons (Fsp3) is 0.417. The second-order valence-corrected chi connectivity index (χ2v) is 4.40. The highest BCUT2D eigenvalue weighted by Gasteiger charge is 2.21. The Morgan fingerprint density at radius 3 is 2.89 bits per heavy atom. The Bertz CT molecular complexity index is 514.